The zero-order valence-electron chi connectivity index (χ0n) is 17.8. The van der Waals surface area contributed by atoms with Crippen molar-refractivity contribution in [1.29, 1.82) is 0 Å². The smallest absolute Gasteiger partial charge is 0.330 e. The number of carbonyl (C=O) groups is 1. The van der Waals surface area contributed by atoms with Crippen molar-refractivity contribution in [2.45, 2.75) is 70.1 Å². The van der Waals surface area contributed by atoms with E-state index in [1.807, 2.05) is 0 Å². The Morgan fingerprint density at radius 1 is 0.967 bits per heavy atom. The van der Waals surface area contributed by atoms with Gasteiger partial charge in [0.25, 0.3) is 0 Å². The van der Waals surface area contributed by atoms with Gasteiger partial charge in [-0.3, -0.25) is 0 Å². The molecule has 0 heterocycles. The molecule has 0 N–H and O–H groups in total. The van der Waals surface area contributed by atoms with Crippen LogP contribution in [0.3, 0.4) is 0 Å². The van der Waals surface area contributed by atoms with E-state index >= 15 is 0 Å². The van der Waals surface area contributed by atoms with Gasteiger partial charge < -0.3 is 4.74 Å². The summed E-state index contributed by atoms with van der Waals surface area (Å²) in [6, 6.07) is 4.36. The molecule has 1 aromatic carbocycles. The van der Waals surface area contributed by atoms with E-state index in [1.165, 1.54) is 43.9 Å². The predicted molar refractivity (Wildman–Crippen MR) is 116 cm³/mol. The fourth-order valence-electron chi connectivity index (χ4n) is 5.00. The third-order valence-electron chi connectivity index (χ3n) is 6.90. The Kier molecular flexibility index (Phi) is 8.65. The number of benzene rings is 1. The molecule has 0 radical (unpaired) electrons. The Labute approximate surface area is 179 Å². The molecule has 0 saturated heterocycles. The van der Waals surface area contributed by atoms with Crippen LogP contribution < -0.4 is 0 Å². The first-order chi connectivity index (χ1) is 14.5. The summed E-state index contributed by atoms with van der Waals surface area (Å²) in [5.74, 6) is 0.578. The molecule has 0 amide bonds. The van der Waals surface area contributed by atoms with E-state index in [0.29, 0.717) is 24.4 Å². The fraction of sp³-hybridized carbons (Fsp3) is 0.577. The van der Waals surface area contributed by atoms with Crippen molar-refractivity contribution in [3.8, 4) is 0 Å². The van der Waals surface area contributed by atoms with Gasteiger partial charge in [-0.1, -0.05) is 24.8 Å². The SMILES string of the molecule is C=CC(=O)OCCCC1CCC(/C=C/C2CCC(c3ccc(F)c(F)c3)CC2)CC1. The molecular formula is C26H34F2O2. The molecule has 2 nitrogen and oxygen atoms in total. The molecule has 2 fully saturated rings. The zero-order chi connectivity index (χ0) is 21.3. The van der Waals surface area contributed by atoms with E-state index in [1.54, 1.807) is 6.07 Å². The molecule has 2 aliphatic carbocycles. The van der Waals surface area contributed by atoms with E-state index in [0.717, 1.165) is 50.0 Å². The molecule has 0 aromatic heterocycles. The van der Waals surface area contributed by atoms with Crippen LogP contribution in [0.15, 0.2) is 43.0 Å². The van der Waals surface area contributed by atoms with E-state index < -0.39 is 11.6 Å². The third-order valence-corrected chi connectivity index (χ3v) is 6.90. The van der Waals surface area contributed by atoms with Crippen molar-refractivity contribution < 1.29 is 18.3 Å². The van der Waals surface area contributed by atoms with Gasteiger partial charge in [0.15, 0.2) is 11.6 Å². The Morgan fingerprint density at radius 2 is 1.60 bits per heavy atom. The second-order valence-electron chi connectivity index (χ2n) is 8.96. The number of halogens is 2. The molecular weight excluding hydrogens is 382 g/mol. The third kappa shape index (κ3) is 6.78. The number of esters is 1. The summed E-state index contributed by atoms with van der Waals surface area (Å²) >= 11 is 0. The standard InChI is InChI=1S/C26H34F2O2/c1-2-26(29)30-17-3-4-19-5-7-20(8-6-19)9-10-21-11-13-22(14-12-21)23-15-16-24(27)25(28)18-23/h2,9-10,15-16,18-22H,1,3-8,11-14,17H2/b10-9+. The van der Waals surface area contributed by atoms with Crippen LogP contribution in [0.4, 0.5) is 8.78 Å². The zero-order valence-corrected chi connectivity index (χ0v) is 17.8. The predicted octanol–water partition coefficient (Wildman–Crippen LogP) is 7.11. The summed E-state index contributed by atoms with van der Waals surface area (Å²) in [5, 5.41) is 0. The van der Waals surface area contributed by atoms with Crippen molar-refractivity contribution in [2.24, 2.45) is 17.8 Å². The van der Waals surface area contributed by atoms with Crippen molar-refractivity contribution in [2.75, 3.05) is 6.61 Å². The minimum atomic E-state index is -0.763. The molecule has 3 rings (SSSR count). The Morgan fingerprint density at radius 3 is 2.20 bits per heavy atom. The van der Waals surface area contributed by atoms with Gasteiger partial charge in [-0.25, -0.2) is 13.6 Å². The van der Waals surface area contributed by atoms with Crippen LogP contribution in [-0.4, -0.2) is 12.6 Å². The first-order valence-corrected chi connectivity index (χ1v) is 11.5. The van der Waals surface area contributed by atoms with Gasteiger partial charge in [0, 0.05) is 6.08 Å². The van der Waals surface area contributed by atoms with Crippen LogP contribution in [-0.2, 0) is 9.53 Å². The lowest BCUT2D eigenvalue weighted by atomic mass is 9.77. The Bertz CT molecular complexity index is 727. The fourth-order valence-corrected chi connectivity index (χ4v) is 5.00. The quantitative estimate of drug-likeness (QED) is 0.195. The van der Waals surface area contributed by atoms with Crippen LogP contribution in [0.5, 0.6) is 0 Å². The molecule has 0 bridgehead atoms. The second-order valence-corrected chi connectivity index (χ2v) is 8.96. The van der Waals surface area contributed by atoms with E-state index in [4.69, 9.17) is 4.74 Å². The van der Waals surface area contributed by atoms with Crippen LogP contribution in [0, 0.1) is 29.4 Å². The maximum atomic E-state index is 13.5. The minimum Gasteiger partial charge on any atom is -0.463 e. The van der Waals surface area contributed by atoms with Crippen LogP contribution in [0.1, 0.15) is 75.7 Å². The lowest BCUT2D eigenvalue weighted by molar-refractivity contribution is -0.137. The summed E-state index contributed by atoms with van der Waals surface area (Å²) in [6.45, 7) is 3.90. The molecule has 164 valence electrons. The summed E-state index contributed by atoms with van der Waals surface area (Å²) in [7, 11) is 0. The van der Waals surface area contributed by atoms with Crippen molar-refractivity contribution >= 4 is 5.97 Å². The molecule has 4 heteroatoms. The lowest BCUT2D eigenvalue weighted by Crippen LogP contribution is -2.15. The average molecular weight is 417 g/mol. The molecule has 0 atom stereocenters. The van der Waals surface area contributed by atoms with Gasteiger partial charge in [-0.05, 0) is 106 Å². The van der Waals surface area contributed by atoms with E-state index in [2.05, 4.69) is 18.7 Å². The summed E-state index contributed by atoms with van der Waals surface area (Å²) in [6.07, 6.45) is 17.5. The lowest BCUT2D eigenvalue weighted by Gasteiger charge is -2.29. The van der Waals surface area contributed by atoms with Gasteiger partial charge in [-0.2, -0.15) is 0 Å². The highest BCUT2D eigenvalue weighted by molar-refractivity contribution is 5.81. The molecule has 2 aliphatic rings. The summed E-state index contributed by atoms with van der Waals surface area (Å²) in [5.41, 5.74) is 0.939. The number of rotatable bonds is 8. The van der Waals surface area contributed by atoms with Crippen LogP contribution in [0.2, 0.25) is 0 Å². The number of ether oxygens (including phenoxy) is 1. The molecule has 30 heavy (non-hydrogen) atoms. The summed E-state index contributed by atoms with van der Waals surface area (Å²) in [4.78, 5) is 11.0. The highest BCUT2D eigenvalue weighted by Crippen LogP contribution is 2.38. The van der Waals surface area contributed by atoms with Crippen molar-refractivity contribution in [3.63, 3.8) is 0 Å². The normalized spacial score (nSPS) is 27.1. The Balaban J connectivity index is 1.33. The number of carbonyl (C=O) groups excluding carboxylic acids is 1. The van der Waals surface area contributed by atoms with Gasteiger partial charge in [0.1, 0.15) is 0 Å². The molecule has 0 aliphatic heterocycles. The molecule has 0 spiro atoms. The topological polar surface area (TPSA) is 26.3 Å². The maximum absolute atomic E-state index is 13.5. The highest BCUT2D eigenvalue weighted by atomic mass is 19.2. The van der Waals surface area contributed by atoms with Crippen LogP contribution >= 0.6 is 0 Å². The first-order valence-electron chi connectivity index (χ1n) is 11.5. The van der Waals surface area contributed by atoms with Gasteiger partial charge in [0.2, 0.25) is 0 Å². The largest absolute Gasteiger partial charge is 0.463 e. The van der Waals surface area contributed by atoms with Crippen LogP contribution in [0.25, 0.3) is 0 Å². The number of allylic oxidation sites excluding steroid dienone is 2. The number of hydrogen-bond acceptors (Lipinski definition) is 2. The first kappa shape index (κ1) is 22.7. The van der Waals surface area contributed by atoms with E-state index in [9.17, 15) is 13.6 Å². The molecule has 0 unspecified atom stereocenters. The monoisotopic (exact) mass is 416 g/mol. The molecule has 1 aromatic rings. The molecule has 2 saturated carbocycles. The maximum Gasteiger partial charge on any atom is 0.330 e. The van der Waals surface area contributed by atoms with Gasteiger partial charge >= 0.3 is 5.97 Å². The summed E-state index contributed by atoms with van der Waals surface area (Å²) < 4.78 is 31.7. The highest BCUT2D eigenvalue weighted by Gasteiger charge is 2.23. The average Bonchev–Trinajstić information content (AvgIpc) is 2.78. The minimum absolute atomic E-state index is 0.331. The van der Waals surface area contributed by atoms with Gasteiger partial charge in [-0.15, -0.1) is 0 Å². The van der Waals surface area contributed by atoms with Crippen molar-refractivity contribution in [1.82, 2.24) is 0 Å². The van der Waals surface area contributed by atoms with Gasteiger partial charge in [0.05, 0.1) is 6.61 Å². The second kappa shape index (κ2) is 11.4. The van der Waals surface area contributed by atoms with Crippen molar-refractivity contribution in [3.05, 3.63) is 60.2 Å². The van der Waals surface area contributed by atoms with E-state index in [-0.39, 0.29) is 5.97 Å². The number of hydrogen-bond donors (Lipinski definition) is 0. The Hall–Kier alpha value is -1.97.